The summed E-state index contributed by atoms with van der Waals surface area (Å²) in [6.07, 6.45) is 3.76. The number of fused-ring (bicyclic) bond motifs is 3. The minimum atomic E-state index is -0.106. The largest absolute Gasteiger partial charge is 0.348 e. The van der Waals surface area contributed by atoms with Crippen molar-refractivity contribution in [3.8, 4) is 22.5 Å². The number of rotatable bonds is 5. The van der Waals surface area contributed by atoms with Crippen molar-refractivity contribution in [3.05, 3.63) is 105 Å². The first kappa shape index (κ1) is 20.7. The van der Waals surface area contributed by atoms with Crippen LogP contribution in [0.1, 0.15) is 45.6 Å². The highest BCUT2D eigenvalue weighted by molar-refractivity contribution is 5.95. The highest BCUT2D eigenvalue weighted by atomic mass is 16.2. The summed E-state index contributed by atoms with van der Waals surface area (Å²) in [6.45, 7) is 2.65. The number of hydrogen-bond acceptors (Lipinski definition) is 2. The van der Waals surface area contributed by atoms with Crippen LogP contribution in [0, 0.1) is 6.92 Å². The standard InChI is InChI=1S/C29H27N3O2/c1-18-6-5-7-19(14-18)17-32-25(29(34)30-23-12-13-23)16-22-11-10-21-15-24(20-8-3-2-4-9-20)28(33)31-26(21)27(22)32/h2-9,14-16,23H,10-13,17H2,1H3,(H,30,34)(H,31,33). The Morgan fingerprint density at radius 2 is 1.79 bits per heavy atom. The van der Waals surface area contributed by atoms with Crippen molar-refractivity contribution >= 4 is 5.91 Å². The molecule has 2 aromatic carbocycles. The molecule has 0 atom stereocenters. The smallest absolute Gasteiger partial charge is 0.268 e. The van der Waals surface area contributed by atoms with Gasteiger partial charge in [-0.15, -0.1) is 0 Å². The van der Waals surface area contributed by atoms with E-state index in [4.69, 9.17) is 0 Å². The molecule has 2 N–H and O–H groups in total. The molecule has 0 unspecified atom stereocenters. The minimum Gasteiger partial charge on any atom is -0.348 e. The van der Waals surface area contributed by atoms with Crippen molar-refractivity contribution in [2.75, 3.05) is 0 Å². The van der Waals surface area contributed by atoms with Gasteiger partial charge in [0.25, 0.3) is 11.5 Å². The molecule has 1 saturated carbocycles. The Morgan fingerprint density at radius 3 is 2.56 bits per heavy atom. The Bertz CT molecular complexity index is 1460. The number of aryl methyl sites for hydroxylation is 3. The summed E-state index contributed by atoms with van der Waals surface area (Å²) < 4.78 is 2.10. The van der Waals surface area contributed by atoms with E-state index in [-0.39, 0.29) is 17.5 Å². The van der Waals surface area contributed by atoms with Crippen molar-refractivity contribution in [3.63, 3.8) is 0 Å². The van der Waals surface area contributed by atoms with Crippen LogP contribution in [-0.4, -0.2) is 21.5 Å². The van der Waals surface area contributed by atoms with Gasteiger partial charge in [0.2, 0.25) is 0 Å². The van der Waals surface area contributed by atoms with E-state index < -0.39 is 0 Å². The normalized spacial score (nSPS) is 14.4. The highest BCUT2D eigenvalue weighted by Crippen LogP contribution is 2.36. The van der Waals surface area contributed by atoms with Crippen LogP contribution >= 0.6 is 0 Å². The number of aromatic nitrogens is 2. The van der Waals surface area contributed by atoms with E-state index in [1.165, 1.54) is 5.56 Å². The van der Waals surface area contributed by atoms with Crippen molar-refractivity contribution in [1.29, 1.82) is 0 Å². The Kier molecular flexibility index (Phi) is 4.98. The van der Waals surface area contributed by atoms with Gasteiger partial charge in [-0.2, -0.15) is 0 Å². The lowest BCUT2D eigenvalue weighted by Crippen LogP contribution is -2.28. The molecule has 2 aromatic heterocycles. The second-order valence-corrected chi connectivity index (χ2v) is 9.50. The zero-order valence-corrected chi connectivity index (χ0v) is 19.2. The maximum atomic E-state index is 13.2. The molecule has 170 valence electrons. The molecule has 1 fully saturated rings. The molecule has 0 bridgehead atoms. The lowest BCUT2D eigenvalue weighted by molar-refractivity contribution is 0.0942. The second-order valence-electron chi connectivity index (χ2n) is 9.50. The molecule has 0 aliphatic heterocycles. The maximum absolute atomic E-state index is 13.2. The summed E-state index contributed by atoms with van der Waals surface area (Å²) in [5, 5.41) is 3.15. The summed E-state index contributed by atoms with van der Waals surface area (Å²) in [5.74, 6) is -0.0330. The van der Waals surface area contributed by atoms with Crippen LogP contribution in [0.3, 0.4) is 0 Å². The molecule has 2 aliphatic rings. The molecule has 0 saturated heterocycles. The fourth-order valence-corrected chi connectivity index (χ4v) is 5.01. The van der Waals surface area contributed by atoms with Crippen LogP contribution in [0.25, 0.3) is 22.5 Å². The van der Waals surface area contributed by atoms with Crippen LogP contribution in [0.4, 0.5) is 0 Å². The maximum Gasteiger partial charge on any atom is 0.268 e. The number of carbonyl (C=O) groups excluding carboxylic acids is 1. The first-order valence-electron chi connectivity index (χ1n) is 12.0. The number of amides is 1. The van der Waals surface area contributed by atoms with Gasteiger partial charge in [0.05, 0.1) is 11.4 Å². The Labute approximate surface area is 198 Å². The number of aromatic amines is 1. The molecule has 5 heteroatoms. The first-order chi connectivity index (χ1) is 16.6. The van der Waals surface area contributed by atoms with Crippen molar-refractivity contribution in [1.82, 2.24) is 14.9 Å². The van der Waals surface area contributed by atoms with E-state index in [0.717, 1.165) is 59.3 Å². The molecule has 4 aromatic rings. The topological polar surface area (TPSA) is 66.9 Å². The van der Waals surface area contributed by atoms with E-state index in [9.17, 15) is 9.59 Å². The minimum absolute atomic E-state index is 0.0330. The van der Waals surface area contributed by atoms with Gasteiger partial charge in [-0.25, -0.2) is 0 Å². The van der Waals surface area contributed by atoms with Crippen LogP contribution < -0.4 is 10.9 Å². The van der Waals surface area contributed by atoms with Gasteiger partial charge in [-0.3, -0.25) is 9.59 Å². The second kappa shape index (κ2) is 8.17. The van der Waals surface area contributed by atoms with Gasteiger partial charge in [0.1, 0.15) is 5.69 Å². The molecule has 2 aliphatic carbocycles. The van der Waals surface area contributed by atoms with E-state index in [1.807, 2.05) is 48.5 Å². The van der Waals surface area contributed by atoms with E-state index >= 15 is 0 Å². The number of nitrogens with one attached hydrogen (secondary N) is 2. The van der Waals surface area contributed by atoms with Crippen LogP contribution in [0.5, 0.6) is 0 Å². The van der Waals surface area contributed by atoms with E-state index in [2.05, 4.69) is 40.0 Å². The van der Waals surface area contributed by atoms with Gasteiger partial charge in [-0.1, -0.05) is 60.2 Å². The number of H-pyrrole nitrogens is 1. The van der Waals surface area contributed by atoms with Gasteiger partial charge < -0.3 is 14.9 Å². The number of nitrogens with zero attached hydrogens (tertiary/aromatic N) is 1. The predicted molar refractivity (Wildman–Crippen MR) is 134 cm³/mol. The predicted octanol–water partition coefficient (Wildman–Crippen LogP) is 4.86. The molecular weight excluding hydrogens is 422 g/mol. The summed E-state index contributed by atoms with van der Waals surface area (Å²) in [5.41, 5.74) is 8.50. The van der Waals surface area contributed by atoms with Crippen molar-refractivity contribution in [2.45, 2.75) is 45.2 Å². The third-order valence-corrected chi connectivity index (χ3v) is 6.85. The van der Waals surface area contributed by atoms with Gasteiger partial charge in [0.15, 0.2) is 0 Å². The van der Waals surface area contributed by atoms with Crippen molar-refractivity contribution in [2.24, 2.45) is 0 Å². The SMILES string of the molecule is Cc1cccc(Cn2c(C(=O)NC3CC3)cc3c2-c2[nH]c(=O)c(-c4ccccc4)cc2CC3)c1. The molecule has 6 rings (SSSR count). The third-order valence-electron chi connectivity index (χ3n) is 6.85. The summed E-state index contributed by atoms with van der Waals surface area (Å²) in [4.78, 5) is 29.6. The Hall–Kier alpha value is -3.86. The number of hydrogen-bond donors (Lipinski definition) is 2. The lowest BCUT2D eigenvalue weighted by Gasteiger charge is -2.21. The zero-order valence-electron chi connectivity index (χ0n) is 19.2. The lowest BCUT2D eigenvalue weighted by atomic mass is 9.92. The summed E-state index contributed by atoms with van der Waals surface area (Å²) in [7, 11) is 0. The first-order valence-corrected chi connectivity index (χ1v) is 12.0. The number of benzene rings is 2. The van der Waals surface area contributed by atoms with Gasteiger partial charge >= 0.3 is 0 Å². The van der Waals surface area contributed by atoms with Crippen LogP contribution in [0.2, 0.25) is 0 Å². The average Bonchev–Trinajstić information content (AvgIpc) is 3.58. The molecule has 34 heavy (non-hydrogen) atoms. The quantitative estimate of drug-likeness (QED) is 0.457. The monoisotopic (exact) mass is 449 g/mol. The zero-order chi connectivity index (χ0) is 23.2. The molecular formula is C29H27N3O2. The average molecular weight is 450 g/mol. The molecule has 5 nitrogen and oxygen atoms in total. The third kappa shape index (κ3) is 3.77. The van der Waals surface area contributed by atoms with E-state index in [1.54, 1.807) is 0 Å². The van der Waals surface area contributed by atoms with Gasteiger partial charge in [0, 0.05) is 18.2 Å². The van der Waals surface area contributed by atoms with E-state index in [0.29, 0.717) is 17.8 Å². The van der Waals surface area contributed by atoms with Crippen LogP contribution in [0.15, 0.2) is 71.5 Å². The fraction of sp³-hybridized carbons (Fsp3) is 0.241. The van der Waals surface area contributed by atoms with Crippen LogP contribution in [-0.2, 0) is 19.4 Å². The highest BCUT2D eigenvalue weighted by Gasteiger charge is 2.30. The molecule has 0 spiro atoms. The molecule has 2 heterocycles. The van der Waals surface area contributed by atoms with Gasteiger partial charge in [-0.05, 0) is 67.0 Å². The number of carbonyl (C=O) groups is 1. The fourth-order valence-electron chi connectivity index (χ4n) is 5.01. The molecule has 0 radical (unpaired) electrons. The Morgan fingerprint density at radius 1 is 1.00 bits per heavy atom. The summed E-state index contributed by atoms with van der Waals surface area (Å²) in [6, 6.07) is 22.5. The number of pyridine rings is 1. The van der Waals surface area contributed by atoms with Crippen molar-refractivity contribution < 1.29 is 4.79 Å². The summed E-state index contributed by atoms with van der Waals surface area (Å²) >= 11 is 0. The Balaban J connectivity index is 1.50. The molecule has 1 amide bonds.